The molecule has 0 aliphatic heterocycles. The number of hydrogen-bond acceptors (Lipinski definition) is 2. The zero-order valence-electron chi connectivity index (χ0n) is 13.2. The minimum absolute atomic E-state index is 0.453. The van der Waals surface area contributed by atoms with E-state index in [1.807, 2.05) is 0 Å². The summed E-state index contributed by atoms with van der Waals surface area (Å²) in [7, 11) is 4.21. The van der Waals surface area contributed by atoms with Crippen molar-refractivity contribution in [3.8, 4) is 0 Å². The summed E-state index contributed by atoms with van der Waals surface area (Å²) in [6.45, 7) is 3.16. The zero-order chi connectivity index (χ0) is 14.8. The molecule has 2 heteroatoms. The molecule has 0 amide bonds. The number of benzene rings is 2. The lowest BCUT2D eigenvalue weighted by molar-refractivity contribution is 0.402. The van der Waals surface area contributed by atoms with E-state index in [0.29, 0.717) is 6.04 Å². The first kappa shape index (κ1) is 14.2. The summed E-state index contributed by atoms with van der Waals surface area (Å²) in [4.78, 5) is 2.20. The molecular weight excluding hydrogens is 256 g/mol. The summed E-state index contributed by atoms with van der Waals surface area (Å²) in [6, 6.07) is 16.1. The van der Waals surface area contributed by atoms with Gasteiger partial charge in [0, 0.05) is 12.2 Å². The molecule has 2 nitrogen and oxygen atoms in total. The number of nitrogens with one attached hydrogen (secondary N) is 1. The third-order valence-electron chi connectivity index (χ3n) is 4.15. The van der Waals surface area contributed by atoms with Crippen molar-refractivity contribution in [2.75, 3.05) is 19.4 Å². The van der Waals surface area contributed by atoms with Crippen molar-refractivity contribution >= 4 is 5.69 Å². The Morgan fingerprint density at radius 2 is 2.00 bits per heavy atom. The Morgan fingerprint density at radius 3 is 2.81 bits per heavy atom. The molecule has 0 spiro atoms. The fourth-order valence-electron chi connectivity index (χ4n) is 3.20. The Labute approximate surface area is 127 Å². The van der Waals surface area contributed by atoms with Crippen LogP contribution in [0.3, 0.4) is 0 Å². The van der Waals surface area contributed by atoms with Gasteiger partial charge in [-0.15, -0.1) is 0 Å². The number of anilines is 1. The summed E-state index contributed by atoms with van der Waals surface area (Å²) in [6.07, 6.45) is 2.38. The number of aryl methyl sites for hydroxylation is 2. The maximum Gasteiger partial charge on any atom is 0.0519 e. The van der Waals surface area contributed by atoms with Crippen LogP contribution in [0.25, 0.3) is 0 Å². The average Bonchev–Trinajstić information content (AvgIpc) is 2.81. The highest BCUT2D eigenvalue weighted by molar-refractivity contribution is 5.50. The van der Waals surface area contributed by atoms with Gasteiger partial charge in [-0.2, -0.15) is 0 Å². The first-order valence-corrected chi connectivity index (χ1v) is 7.71. The highest BCUT2D eigenvalue weighted by atomic mass is 15.0. The molecule has 0 bridgehead atoms. The van der Waals surface area contributed by atoms with E-state index >= 15 is 0 Å². The zero-order valence-corrected chi connectivity index (χ0v) is 13.2. The summed E-state index contributed by atoms with van der Waals surface area (Å²) < 4.78 is 0. The van der Waals surface area contributed by atoms with Crippen molar-refractivity contribution in [2.24, 2.45) is 0 Å². The predicted molar refractivity (Wildman–Crippen MR) is 89.7 cm³/mol. The Balaban J connectivity index is 1.78. The topological polar surface area (TPSA) is 15.3 Å². The number of nitrogens with zero attached hydrogens (tertiary/aromatic N) is 1. The quantitative estimate of drug-likeness (QED) is 0.905. The predicted octanol–water partition coefficient (Wildman–Crippen LogP) is 4.16. The normalized spacial score (nSPS) is 17.0. The van der Waals surface area contributed by atoms with Gasteiger partial charge in [-0.05, 0) is 62.7 Å². The van der Waals surface area contributed by atoms with Crippen molar-refractivity contribution < 1.29 is 0 Å². The highest BCUT2D eigenvalue weighted by Crippen LogP contribution is 2.34. The fraction of sp³-hybridized carbons (Fsp3) is 0.368. The Hall–Kier alpha value is -1.80. The van der Waals surface area contributed by atoms with Gasteiger partial charge in [0.1, 0.15) is 0 Å². The lowest BCUT2D eigenvalue weighted by Crippen LogP contribution is -2.11. The summed E-state index contributed by atoms with van der Waals surface area (Å²) in [5.41, 5.74) is 6.92. The van der Waals surface area contributed by atoms with Gasteiger partial charge < -0.3 is 10.2 Å². The smallest absolute Gasteiger partial charge is 0.0519 e. The van der Waals surface area contributed by atoms with Crippen molar-refractivity contribution in [1.82, 2.24) is 4.90 Å². The molecule has 2 aromatic carbocycles. The van der Waals surface area contributed by atoms with Gasteiger partial charge in [0.15, 0.2) is 0 Å². The van der Waals surface area contributed by atoms with E-state index < -0.39 is 0 Å². The van der Waals surface area contributed by atoms with Crippen LogP contribution in [-0.2, 0) is 13.0 Å². The lowest BCUT2D eigenvalue weighted by Gasteiger charge is -2.17. The summed E-state index contributed by atoms with van der Waals surface area (Å²) >= 11 is 0. The molecule has 2 aromatic rings. The minimum Gasteiger partial charge on any atom is -0.378 e. The van der Waals surface area contributed by atoms with Crippen LogP contribution in [0.2, 0.25) is 0 Å². The third kappa shape index (κ3) is 3.27. The van der Waals surface area contributed by atoms with Crippen LogP contribution >= 0.6 is 0 Å². The SMILES string of the molecule is Cc1ccc2c(c1)C(Nc1cccc(CN(C)C)c1)CC2. The van der Waals surface area contributed by atoms with Gasteiger partial charge in [-0.25, -0.2) is 0 Å². The van der Waals surface area contributed by atoms with Crippen LogP contribution in [0.15, 0.2) is 42.5 Å². The molecule has 1 unspecified atom stereocenters. The molecule has 0 saturated carbocycles. The third-order valence-corrected chi connectivity index (χ3v) is 4.15. The Morgan fingerprint density at radius 1 is 1.14 bits per heavy atom. The second-order valence-electron chi connectivity index (χ2n) is 6.38. The van der Waals surface area contributed by atoms with Crippen molar-refractivity contribution in [1.29, 1.82) is 0 Å². The van der Waals surface area contributed by atoms with Crippen molar-refractivity contribution in [3.63, 3.8) is 0 Å². The maximum absolute atomic E-state index is 3.72. The van der Waals surface area contributed by atoms with E-state index in [4.69, 9.17) is 0 Å². The number of rotatable bonds is 4. The minimum atomic E-state index is 0.453. The second-order valence-corrected chi connectivity index (χ2v) is 6.38. The van der Waals surface area contributed by atoms with Crippen molar-refractivity contribution in [2.45, 2.75) is 32.4 Å². The molecule has 1 aliphatic rings. The van der Waals surface area contributed by atoms with E-state index in [-0.39, 0.29) is 0 Å². The van der Waals surface area contributed by atoms with Crippen LogP contribution in [0.1, 0.15) is 34.7 Å². The van der Waals surface area contributed by atoms with Crippen LogP contribution in [0.4, 0.5) is 5.69 Å². The molecule has 110 valence electrons. The molecule has 1 N–H and O–H groups in total. The molecule has 0 fully saturated rings. The van der Waals surface area contributed by atoms with E-state index in [0.717, 1.165) is 6.54 Å². The number of fused-ring (bicyclic) bond motifs is 1. The van der Waals surface area contributed by atoms with E-state index in [9.17, 15) is 0 Å². The monoisotopic (exact) mass is 280 g/mol. The Bertz CT molecular complexity index is 631. The molecule has 0 saturated heterocycles. The first-order chi connectivity index (χ1) is 10.1. The molecule has 1 atom stereocenters. The summed E-state index contributed by atoms with van der Waals surface area (Å²) in [5.74, 6) is 0. The molecule has 21 heavy (non-hydrogen) atoms. The Kier molecular flexibility index (Phi) is 3.98. The van der Waals surface area contributed by atoms with Crippen LogP contribution < -0.4 is 5.32 Å². The van der Waals surface area contributed by atoms with Gasteiger partial charge in [0.2, 0.25) is 0 Å². The maximum atomic E-state index is 3.72. The molecular formula is C19H24N2. The van der Waals surface area contributed by atoms with E-state index in [1.165, 1.54) is 40.8 Å². The summed E-state index contributed by atoms with van der Waals surface area (Å²) in [5, 5.41) is 3.72. The van der Waals surface area contributed by atoms with Gasteiger partial charge in [0.25, 0.3) is 0 Å². The standard InChI is InChI=1S/C19H24N2/c1-14-7-8-16-9-10-19(18(16)11-14)20-17-6-4-5-15(12-17)13-21(2)3/h4-8,11-12,19-20H,9-10,13H2,1-3H3. The molecule has 1 aliphatic carbocycles. The average molecular weight is 280 g/mol. The molecule has 0 heterocycles. The largest absolute Gasteiger partial charge is 0.378 e. The first-order valence-electron chi connectivity index (χ1n) is 7.71. The second kappa shape index (κ2) is 5.90. The van der Waals surface area contributed by atoms with E-state index in [2.05, 4.69) is 73.7 Å². The van der Waals surface area contributed by atoms with Crippen LogP contribution in [0, 0.1) is 6.92 Å². The lowest BCUT2D eigenvalue weighted by atomic mass is 10.0. The van der Waals surface area contributed by atoms with E-state index in [1.54, 1.807) is 0 Å². The van der Waals surface area contributed by atoms with Gasteiger partial charge in [-0.1, -0.05) is 35.9 Å². The van der Waals surface area contributed by atoms with Gasteiger partial charge >= 0.3 is 0 Å². The van der Waals surface area contributed by atoms with Crippen LogP contribution in [-0.4, -0.2) is 19.0 Å². The highest BCUT2D eigenvalue weighted by Gasteiger charge is 2.22. The van der Waals surface area contributed by atoms with Gasteiger partial charge in [0.05, 0.1) is 6.04 Å². The molecule has 0 radical (unpaired) electrons. The van der Waals surface area contributed by atoms with Crippen LogP contribution in [0.5, 0.6) is 0 Å². The van der Waals surface area contributed by atoms with Gasteiger partial charge in [-0.3, -0.25) is 0 Å². The number of hydrogen-bond donors (Lipinski definition) is 1. The van der Waals surface area contributed by atoms with Crippen molar-refractivity contribution in [3.05, 3.63) is 64.7 Å². The molecule has 3 rings (SSSR count). The molecule has 0 aromatic heterocycles. The fourth-order valence-corrected chi connectivity index (χ4v) is 3.20.